The van der Waals surface area contributed by atoms with E-state index in [1.807, 2.05) is 0 Å². The molecule has 1 aromatic heterocycles. The number of fused-ring (bicyclic) bond motifs is 1. The Morgan fingerprint density at radius 3 is 2.68 bits per heavy atom. The minimum absolute atomic E-state index is 0.210. The summed E-state index contributed by atoms with van der Waals surface area (Å²) < 4.78 is 15.0. The van der Waals surface area contributed by atoms with Crippen LogP contribution in [0.3, 0.4) is 0 Å². The first-order valence-corrected chi connectivity index (χ1v) is 8.18. The lowest BCUT2D eigenvalue weighted by Crippen LogP contribution is -2.25. The van der Waals surface area contributed by atoms with Crippen LogP contribution < -0.4 is 5.32 Å². The molecule has 4 nitrogen and oxygen atoms in total. The summed E-state index contributed by atoms with van der Waals surface area (Å²) in [4.78, 5) is 24.3. The molecule has 0 aliphatic rings. The second kappa shape index (κ2) is 7.07. The second-order valence-electron chi connectivity index (χ2n) is 5.69. The number of aromatic nitrogens is 1. The number of halogens is 2. The largest absolute Gasteiger partial charge is 0.352 e. The SMILES string of the molecule is CC(=O)n1cc(C(=O)NCCc2ccccc2F)c2ccc(Cl)cc21. The van der Waals surface area contributed by atoms with Gasteiger partial charge in [0.15, 0.2) is 0 Å². The highest BCUT2D eigenvalue weighted by Gasteiger charge is 2.17. The van der Waals surface area contributed by atoms with E-state index in [0.717, 1.165) is 0 Å². The van der Waals surface area contributed by atoms with Crippen molar-refractivity contribution in [3.8, 4) is 0 Å². The Balaban J connectivity index is 1.80. The third-order valence-electron chi connectivity index (χ3n) is 3.99. The quantitative estimate of drug-likeness (QED) is 0.764. The normalized spacial score (nSPS) is 10.8. The second-order valence-corrected chi connectivity index (χ2v) is 6.13. The van der Waals surface area contributed by atoms with Crippen LogP contribution in [0.2, 0.25) is 5.02 Å². The molecule has 1 amide bonds. The molecule has 0 aliphatic heterocycles. The first kappa shape index (κ1) is 17.2. The van der Waals surface area contributed by atoms with E-state index in [4.69, 9.17) is 11.6 Å². The topological polar surface area (TPSA) is 51.1 Å². The Hall–Kier alpha value is -2.66. The molecule has 0 saturated carbocycles. The molecule has 25 heavy (non-hydrogen) atoms. The first-order valence-electron chi connectivity index (χ1n) is 7.80. The van der Waals surface area contributed by atoms with Gasteiger partial charge in [0, 0.05) is 30.1 Å². The zero-order chi connectivity index (χ0) is 18.0. The molecular formula is C19H16ClFN2O2. The van der Waals surface area contributed by atoms with Gasteiger partial charge in [-0.25, -0.2) is 4.39 Å². The highest BCUT2D eigenvalue weighted by atomic mass is 35.5. The minimum atomic E-state index is -0.316. The first-order chi connectivity index (χ1) is 12.0. The van der Waals surface area contributed by atoms with E-state index < -0.39 is 0 Å². The van der Waals surface area contributed by atoms with Gasteiger partial charge in [-0.15, -0.1) is 0 Å². The van der Waals surface area contributed by atoms with Gasteiger partial charge in [-0.2, -0.15) is 0 Å². The molecule has 0 radical (unpaired) electrons. The van der Waals surface area contributed by atoms with E-state index >= 15 is 0 Å². The van der Waals surface area contributed by atoms with Crippen molar-refractivity contribution in [2.45, 2.75) is 13.3 Å². The molecule has 0 aliphatic carbocycles. The maximum atomic E-state index is 13.6. The van der Waals surface area contributed by atoms with E-state index in [1.54, 1.807) is 36.4 Å². The van der Waals surface area contributed by atoms with Gasteiger partial charge in [-0.1, -0.05) is 35.9 Å². The predicted molar refractivity (Wildman–Crippen MR) is 95.7 cm³/mol. The maximum absolute atomic E-state index is 13.6. The van der Waals surface area contributed by atoms with E-state index in [9.17, 15) is 14.0 Å². The number of nitrogens with one attached hydrogen (secondary N) is 1. The standard InChI is InChI=1S/C19H16ClFN2O2/c1-12(24)23-11-16(15-7-6-14(20)10-18(15)23)19(25)22-9-8-13-4-2-3-5-17(13)21/h2-7,10-11H,8-9H2,1H3,(H,22,25). The average Bonchev–Trinajstić information content (AvgIpc) is 2.95. The van der Waals surface area contributed by atoms with Gasteiger partial charge in [-0.3, -0.25) is 14.2 Å². The van der Waals surface area contributed by atoms with Crippen molar-refractivity contribution >= 4 is 34.3 Å². The van der Waals surface area contributed by atoms with Crippen molar-refractivity contribution in [2.24, 2.45) is 0 Å². The maximum Gasteiger partial charge on any atom is 0.253 e. The van der Waals surface area contributed by atoms with Crippen LogP contribution >= 0.6 is 11.6 Å². The molecule has 1 heterocycles. The lowest BCUT2D eigenvalue weighted by Gasteiger charge is -2.05. The number of carbonyl (C=O) groups excluding carboxylic acids is 2. The van der Waals surface area contributed by atoms with Crippen LogP contribution in [0.25, 0.3) is 10.9 Å². The number of benzene rings is 2. The number of hydrogen-bond donors (Lipinski definition) is 1. The Labute approximate surface area is 149 Å². The van der Waals surface area contributed by atoms with Crippen LogP contribution in [-0.4, -0.2) is 22.9 Å². The number of rotatable bonds is 4. The summed E-state index contributed by atoms with van der Waals surface area (Å²) in [7, 11) is 0. The molecule has 0 unspecified atom stereocenters. The van der Waals surface area contributed by atoms with E-state index in [1.165, 1.54) is 23.8 Å². The van der Waals surface area contributed by atoms with Crippen molar-refractivity contribution in [3.05, 3.63) is 70.6 Å². The fourth-order valence-corrected chi connectivity index (χ4v) is 2.91. The molecule has 0 atom stereocenters. The zero-order valence-electron chi connectivity index (χ0n) is 13.6. The van der Waals surface area contributed by atoms with Crippen LogP contribution in [0.5, 0.6) is 0 Å². The molecule has 128 valence electrons. The highest BCUT2D eigenvalue weighted by Crippen LogP contribution is 2.25. The number of carbonyl (C=O) groups is 2. The Bertz CT molecular complexity index is 965. The Kier molecular flexibility index (Phi) is 4.86. The molecule has 2 aromatic carbocycles. The summed E-state index contributed by atoms with van der Waals surface area (Å²) in [5.41, 5.74) is 1.51. The Morgan fingerprint density at radius 2 is 1.96 bits per heavy atom. The van der Waals surface area contributed by atoms with Crippen LogP contribution in [-0.2, 0) is 6.42 Å². The summed E-state index contributed by atoms with van der Waals surface area (Å²) >= 11 is 5.99. The van der Waals surface area contributed by atoms with Crippen LogP contribution in [0, 0.1) is 5.82 Å². The van der Waals surface area contributed by atoms with Crippen molar-refractivity contribution in [2.75, 3.05) is 6.54 Å². The van der Waals surface area contributed by atoms with Crippen molar-refractivity contribution in [3.63, 3.8) is 0 Å². The average molecular weight is 359 g/mol. The van der Waals surface area contributed by atoms with Gasteiger partial charge in [0.1, 0.15) is 5.82 Å². The lowest BCUT2D eigenvalue weighted by atomic mass is 10.1. The van der Waals surface area contributed by atoms with E-state index in [0.29, 0.717) is 40.0 Å². The third kappa shape index (κ3) is 3.56. The molecular weight excluding hydrogens is 343 g/mol. The molecule has 3 aromatic rings. The van der Waals surface area contributed by atoms with E-state index in [-0.39, 0.29) is 17.6 Å². The molecule has 6 heteroatoms. The molecule has 0 fully saturated rings. The zero-order valence-corrected chi connectivity index (χ0v) is 14.3. The summed E-state index contributed by atoms with van der Waals surface area (Å²) in [6.45, 7) is 1.71. The summed E-state index contributed by atoms with van der Waals surface area (Å²) in [5, 5.41) is 3.90. The summed E-state index contributed by atoms with van der Waals surface area (Å²) in [6.07, 6.45) is 1.89. The van der Waals surface area contributed by atoms with Gasteiger partial charge < -0.3 is 5.32 Å². The molecule has 1 N–H and O–H groups in total. The van der Waals surface area contributed by atoms with Crippen molar-refractivity contribution in [1.29, 1.82) is 0 Å². The van der Waals surface area contributed by atoms with E-state index in [2.05, 4.69) is 5.32 Å². The van der Waals surface area contributed by atoms with Gasteiger partial charge in [0.2, 0.25) is 5.91 Å². The van der Waals surface area contributed by atoms with Gasteiger partial charge >= 0.3 is 0 Å². The minimum Gasteiger partial charge on any atom is -0.352 e. The van der Waals surface area contributed by atoms with Gasteiger partial charge in [0.05, 0.1) is 11.1 Å². The van der Waals surface area contributed by atoms with Crippen molar-refractivity contribution in [1.82, 2.24) is 9.88 Å². The summed E-state index contributed by atoms with van der Waals surface area (Å²) in [6, 6.07) is 11.5. The van der Waals surface area contributed by atoms with Crippen LogP contribution in [0.4, 0.5) is 4.39 Å². The number of amides is 1. The number of hydrogen-bond acceptors (Lipinski definition) is 2. The monoisotopic (exact) mass is 358 g/mol. The summed E-state index contributed by atoms with van der Waals surface area (Å²) in [5.74, 6) is -0.819. The highest BCUT2D eigenvalue weighted by molar-refractivity contribution is 6.31. The molecule has 0 spiro atoms. The van der Waals surface area contributed by atoms with Gasteiger partial charge in [0.25, 0.3) is 5.91 Å². The number of nitrogens with zero attached hydrogens (tertiary/aromatic N) is 1. The molecule has 0 bridgehead atoms. The predicted octanol–water partition coefficient (Wildman–Crippen LogP) is 4.07. The Morgan fingerprint density at radius 1 is 1.20 bits per heavy atom. The van der Waals surface area contributed by atoms with Crippen LogP contribution in [0.15, 0.2) is 48.7 Å². The smallest absolute Gasteiger partial charge is 0.253 e. The van der Waals surface area contributed by atoms with Gasteiger partial charge in [-0.05, 0) is 30.2 Å². The lowest BCUT2D eigenvalue weighted by molar-refractivity contribution is 0.0941. The molecule has 0 saturated heterocycles. The third-order valence-corrected chi connectivity index (χ3v) is 4.22. The fourth-order valence-electron chi connectivity index (χ4n) is 2.75. The van der Waals surface area contributed by atoms with Crippen LogP contribution in [0.1, 0.15) is 27.6 Å². The molecule has 3 rings (SSSR count). The van der Waals surface area contributed by atoms with Crippen molar-refractivity contribution < 1.29 is 14.0 Å². The fraction of sp³-hybridized carbons (Fsp3) is 0.158.